The Hall–Kier alpha value is -0.640. The molecular weight excluding hydrogens is 302 g/mol. The van der Waals surface area contributed by atoms with Gasteiger partial charge in [0.15, 0.2) is 0 Å². The summed E-state index contributed by atoms with van der Waals surface area (Å²) in [5.41, 5.74) is 0. The van der Waals surface area contributed by atoms with Crippen molar-refractivity contribution >= 4 is 18.2 Å². The second-order valence-electron chi connectivity index (χ2n) is 5.80. The van der Waals surface area contributed by atoms with E-state index in [-0.39, 0.29) is 24.6 Å². The second-order valence-corrected chi connectivity index (χ2v) is 6.95. The van der Waals surface area contributed by atoms with E-state index in [2.05, 4.69) is 4.72 Å². The van der Waals surface area contributed by atoms with Crippen molar-refractivity contribution in [3.8, 4) is 0 Å². The van der Waals surface area contributed by atoms with Crippen LogP contribution in [-0.4, -0.2) is 84.1 Å². The quantitative estimate of drug-likeness (QED) is 0.736. The number of likely N-dealkylation sites (tertiary alicyclic amines) is 2. The number of piperidine rings is 1. The van der Waals surface area contributed by atoms with Crippen molar-refractivity contribution in [3.63, 3.8) is 0 Å². The van der Waals surface area contributed by atoms with E-state index in [0.717, 1.165) is 4.90 Å². The molecule has 2 heterocycles. The van der Waals surface area contributed by atoms with Crippen LogP contribution in [0.1, 0.15) is 6.42 Å². The molecular formula is C12H22F2N4O2S. The summed E-state index contributed by atoms with van der Waals surface area (Å²) in [6, 6.07) is -0.248. The summed E-state index contributed by atoms with van der Waals surface area (Å²) in [5, 5.41) is 9.48. The molecule has 0 bridgehead atoms. The van der Waals surface area contributed by atoms with Gasteiger partial charge in [-0.15, -0.1) is 0 Å². The number of nitrogens with one attached hydrogen (secondary N) is 1. The van der Waals surface area contributed by atoms with Crippen LogP contribution in [-0.2, 0) is 0 Å². The summed E-state index contributed by atoms with van der Waals surface area (Å²) >= 11 is 1.45. The zero-order valence-corrected chi connectivity index (χ0v) is 13.1. The van der Waals surface area contributed by atoms with E-state index in [0.29, 0.717) is 19.5 Å². The van der Waals surface area contributed by atoms with Gasteiger partial charge in [0.25, 0.3) is 5.92 Å². The molecule has 9 heteroatoms. The lowest BCUT2D eigenvalue weighted by atomic mass is 9.94. The fourth-order valence-electron chi connectivity index (χ4n) is 2.57. The maximum absolute atomic E-state index is 12.8. The molecule has 0 aromatic rings. The Bertz CT molecular complexity index is 378. The molecule has 2 N–H and O–H groups in total. The van der Waals surface area contributed by atoms with Crippen LogP contribution in [0.2, 0.25) is 0 Å². The largest absolute Gasteiger partial charge is 0.396 e. The second kappa shape index (κ2) is 6.64. The standard InChI is InChI=1S/C12H22F2N4O2S/c1-16(2)21-15-10-3-4-17(5-9(10)6-19)11(20)18-7-12(13,14)8-18/h9-10,15,19H,3-8H2,1-2H3. The van der Waals surface area contributed by atoms with Gasteiger partial charge in [-0.1, -0.05) is 0 Å². The third-order valence-electron chi connectivity index (χ3n) is 3.74. The van der Waals surface area contributed by atoms with E-state index in [1.165, 1.54) is 12.1 Å². The highest BCUT2D eigenvalue weighted by molar-refractivity contribution is 7.95. The number of aliphatic hydroxyl groups excluding tert-OH is 1. The minimum absolute atomic E-state index is 0.0361. The molecule has 6 nitrogen and oxygen atoms in total. The van der Waals surface area contributed by atoms with Gasteiger partial charge in [-0.3, -0.25) is 0 Å². The van der Waals surface area contributed by atoms with E-state index >= 15 is 0 Å². The van der Waals surface area contributed by atoms with E-state index in [9.17, 15) is 18.7 Å². The Morgan fingerprint density at radius 1 is 1.43 bits per heavy atom. The average Bonchev–Trinajstić information content (AvgIpc) is 2.41. The molecule has 2 atom stereocenters. The number of nitrogens with zero attached hydrogens (tertiary/aromatic N) is 3. The fourth-order valence-corrected chi connectivity index (χ4v) is 3.22. The van der Waals surface area contributed by atoms with Gasteiger partial charge in [-0.25, -0.2) is 22.6 Å². The summed E-state index contributed by atoms with van der Waals surface area (Å²) in [4.78, 5) is 14.8. The van der Waals surface area contributed by atoms with Crippen molar-refractivity contribution in [2.75, 3.05) is 46.9 Å². The number of aliphatic hydroxyl groups is 1. The smallest absolute Gasteiger partial charge is 0.320 e. The molecule has 2 aliphatic heterocycles. The number of rotatable bonds is 4. The van der Waals surface area contributed by atoms with Gasteiger partial charge >= 0.3 is 6.03 Å². The van der Waals surface area contributed by atoms with E-state index in [1.807, 2.05) is 18.4 Å². The molecule has 2 saturated heterocycles. The molecule has 0 saturated carbocycles. The first-order chi connectivity index (χ1) is 9.82. The van der Waals surface area contributed by atoms with Crippen LogP contribution in [0.5, 0.6) is 0 Å². The van der Waals surface area contributed by atoms with E-state index in [4.69, 9.17) is 0 Å². The summed E-state index contributed by atoms with van der Waals surface area (Å²) in [7, 11) is 3.82. The number of hydrogen-bond acceptors (Lipinski definition) is 5. The molecule has 2 fully saturated rings. The highest BCUT2D eigenvalue weighted by Crippen LogP contribution is 2.29. The lowest BCUT2D eigenvalue weighted by Gasteiger charge is -2.44. The highest BCUT2D eigenvalue weighted by atomic mass is 32.2. The maximum atomic E-state index is 12.8. The molecule has 0 aromatic heterocycles. The molecule has 2 unspecified atom stereocenters. The Labute approximate surface area is 127 Å². The van der Waals surface area contributed by atoms with Crippen LogP contribution in [0, 0.1) is 5.92 Å². The molecule has 0 aromatic carbocycles. The molecule has 0 aliphatic carbocycles. The van der Waals surface area contributed by atoms with Crippen LogP contribution in [0.25, 0.3) is 0 Å². The molecule has 21 heavy (non-hydrogen) atoms. The number of hydrogen-bond donors (Lipinski definition) is 2. The number of alkyl halides is 2. The fraction of sp³-hybridized carbons (Fsp3) is 0.917. The first-order valence-corrected chi connectivity index (χ1v) is 7.72. The zero-order chi connectivity index (χ0) is 15.6. The van der Waals surface area contributed by atoms with Crippen LogP contribution < -0.4 is 4.72 Å². The number of amides is 2. The normalized spacial score (nSPS) is 28.7. The summed E-state index contributed by atoms with van der Waals surface area (Å²) in [5.74, 6) is -2.83. The van der Waals surface area contributed by atoms with Crippen molar-refractivity contribution < 1.29 is 18.7 Å². The van der Waals surface area contributed by atoms with Crippen molar-refractivity contribution in [2.45, 2.75) is 18.4 Å². The summed E-state index contributed by atoms with van der Waals surface area (Å²) in [6.45, 7) is -0.119. The van der Waals surface area contributed by atoms with Crippen molar-refractivity contribution in [3.05, 3.63) is 0 Å². The van der Waals surface area contributed by atoms with Crippen molar-refractivity contribution in [1.29, 1.82) is 0 Å². The SMILES string of the molecule is CN(C)SNC1CCN(C(=O)N2CC(F)(F)C2)CC1CO. The van der Waals surface area contributed by atoms with Gasteiger partial charge in [0.2, 0.25) is 0 Å². The van der Waals surface area contributed by atoms with Gasteiger partial charge in [0.05, 0.1) is 13.1 Å². The summed E-state index contributed by atoms with van der Waals surface area (Å²) in [6.07, 6.45) is 0.696. The number of carbonyl (C=O) groups excluding carboxylic acids is 1. The Balaban J connectivity index is 1.84. The minimum atomic E-state index is -2.74. The van der Waals surface area contributed by atoms with Crippen molar-refractivity contribution in [1.82, 2.24) is 18.8 Å². The van der Waals surface area contributed by atoms with E-state index < -0.39 is 19.0 Å². The number of carbonyl (C=O) groups is 1. The molecule has 122 valence electrons. The number of halogens is 2. The Kier molecular flexibility index (Phi) is 5.29. The number of urea groups is 1. The van der Waals surface area contributed by atoms with E-state index in [1.54, 1.807) is 4.90 Å². The first kappa shape index (κ1) is 16.7. The average molecular weight is 324 g/mol. The van der Waals surface area contributed by atoms with Gasteiger partial charge in [-0.2, -0.15) is 0 Å². The van der Waals surface area contributed by atoms with Gasteiger partial charge in [0.1, 0.15) is 0 Å². The van der Waals surface area contributed by atoms with Gasteiger partial charge in [-0.05, 0) is 20.5 Å². The molecule has 2 rings (SSSR count). The molecule has 0 radical (unpaired) electrons. The minimum Gasteiger partial charge on any atom is -0.396 e. The van der Waals surface area contributed by atoms with Crippen LogP contribution >= 0.6 is 12.1 Å². The van der Waals surface area contributed by atoms with Crippen LogP contribution in [0.4, 0.5) is 13.6 Å². The lowest BCUT2D eigenvalue weighted by molar-refractivity contribution is -0.115. The Morgan fingerprint density at radius 2 is 2.10 bits per heavy atom. The van der Waals surface area contributed by atoms with Crippen LogP contribution in [0.15, 0.2) is 0 Å². The topological polar surface area (TPSA) is 59.0 Å². The van der Waals surface area contributed by atoms with Crippen LogP contribution in [0.3, 0.4) is 0 Å². The highest BCUT2D eigenvalue weighted by Gasteiger charge is 2.48. The molecule has 0 spiro atoms. The predicted molar refractivity (Wildman–Crippen MR) is 76.9 cm³/mol. The zero-order valence-electron chi connectivity index (χ0n) is 12.3. The van der Waals surface area contributed by atoms with Gasteiger partial charge < -0.3 is 14.9 Å². The van der Waals surface area contributed by atoms with Gasteiger partial charge in [0, 0.05) is 43.8 Å². The molecule has 2 aliphatic rings. The predicted octanol–water partition coefficient (Wildman–Crippen LogP) is 0.454. The monoisotopic (exact) mass is 324 g/mol. The van der Waals surface area contributed by atoms with Crippen molar-refractivity contribution in [2.24, 2.45) is 5.92 Å². The lowest BCUT2D eigenvalue weighted by Crippen LogP contribution is -2.63. The maximum Gasteiger partial charge on any atom is 0.320 e. The summed E-state index contributed by atoms with van der Waals surface area (Å²) < 4.78 is 30.8. The molecule has 2 amide bonds. The third-order valence-corrected chi connectivity index (χ3v) is 4.51. The Morgan fingerprint density at radius 3 is 2.62 bits per heavy atom. The first-order valence-electron chi connectivity index (χ1n) is 6.95. The third kappa shape index (κ3) is 4.18.